The average Bonchev–Trinajstić information content (AvgIpc) is 3.18. The number of nitrogen functional groups attached to an aromatic ring is 1. The van der Waals surface area contributed by atoms with Crippen molar-refractivity contribution in [1.29, 1.82) is 0 Å². The molecule has 1 amide bonds. The molecule has 0 aliphatic rings. The molecule has 0 radical (unpaired) electrons. The smallest absolute Gasteiger partial charge is 0.234 e. The molecule has 3 N–H and O–H groups in total. The van der Waals surface area contributed by atoms with Gasteiger partial charge in [0.1, 0.15) is 12.4 Å². The molecular weight excluding hydrogens is 445 g/mol. The molecule has 168 valence electrons. The number of nitrogens with zero attached hydrogens (tertiary/aromatic N) is 3. The second-order valence-electron chi connectivity index (χ2n) is 6.74. The van der Waals surface area contributed by atoms with Crippen LogP contribution in [0.1, 0.15) is 5.82 Å². The second kappa shape index (κ2) is 10.5. The first-order chi connectivity index (χ1) is 16.1. The molecule has 0 bridgehead atoms. The van der Waals surface area contributed by atoms with Crippen molar-refractivity contribution in [3.8, 4) is 17.2 Å². The molecule has 10 heteroatoms. The third-order valence-corrected chi connectivity index (χ3v) is 5.34. The Morgan fingerprint density at radius 3 is 2.45 bits per heavy atom. The van der Waals surface area contributed by atoms with Crippen molar-refractivity contribution < 1.29 is 18.7 Å². The van der Waals surface area contributed by atoms with Crippen LogP contribution in [0.15, 0.2) is 84.0 Å². The molecule has 1 heterocycles. The third kappa shape index (κ3) is 5.80. The van der Waals surface area contributed by atoms with Gasteiger partial charge in [0.2, 0.25) is 11.1 Å². The first kappa shape index (κ1) is 22.2. The number of hydrogen-bond acceptors (Lipinski definition) is 7. The Kier molecular flexibility index (Phi) is 7.06. The zero-order chi connectivity index (χ0) is 23.0. The molecule has 0 atom stereocenters. The normalized spacial score (nSPS) is 10.6. The number of amides is 1. The Morgan fingerprint density at radius 2 is 1.67 bits per heavy atom. The number of aromatic nitrogens is 3. The molecule has 4 rings (SSSR count). The van der Waals surface area contributed by atoms with Crippen LogP contribution in [0, 0.1) is 5.82 Å². The Labute approximate surface area is 193 Å². The van der Waals surface area contributed by atoms with Gasteiger partial charge in [0.25, 0.3) is 0 Å². The van der Waals surface area contributed by atoms with Crippen molar-refractivity contribution in [3.63, 3.8) is 0 Å². The van der Waals surface area contributed by atoms with Crippen molar-refractivity contribution in [1.82, 2.24) is 14.9 Å². The van der Waals surface area contributed by atoms with Gasteiger partial charge < -0.3 is 20.6 Å². The van der Waals surface area contributed by atoms with Crippen molar-refractivity contribution >= 4 is 23.4 Å². The number of hydrogen-bond donors (Lipinski definition) is 2. The van der Waals surface area contributed by atoms with Crippen LogP contribution in [0.2, 0.25) is 0 Å². The van der Waals surface area contributed by atoms with E-state index in [9.17, 15) is 9.18 Å². The van der Waals surface area contributed by atoms with Crippen LogP contribution in [-0.2, 0) is 11.4 Å². The number of ether oxygens (including phenoxy) is 2. The third-order valence-electron chi connectivity index (χ3n) is 4.39. The topological polar surface area (TPSA) is 104 Å². The van der Waals surface area contributed by atoms with Gasteiger partial charge in [-0.25, -0.2) is 9.07 Å². The Morgan fingerprint density at radius 1 is 0.970 bits per heavy atom. The standard InChI is InChI=1S/C23H20FN5O3S/c24-17-10-4-6-12-19(17)31-14-21-27-28-23(29(21)25)33-15-22(30)26-18-11-5-7-13-20(18)32-16-8-2-1-3-9-16/h1-13H,14-15,25H2,(H,26,30). The quantitative estimate of drug-likeness (QED) is 0.282. The summed E-state index contributed by atoms with van der Waals surface area (Å²) in [6.07, 6.45) is 0. The maximum Gasteiger partial charge on any atom is 0.234 e. The second-order valence-corrected chi connectivity index (χ2v) is 7.68. The number of nitrogens with one attached hydrogen (secondary N) is 1. The van der Waals surface area contributed by atoms with Gasteiger partial charge in [0.15, 0.2) is 23.1 Å². The fourth-order valence-corrected chi connectivity index (χ4v) is 3.47. The van der Waals surface area contributed by atoms with Gasteiger partial charge in [-0.05, 0) is 36.4 Å². The molecule has 1 aromatic heterocycles. The minimum absolute atomic E-state index is 0.0448. The van der Waals surface area contributed by atoms with Crippen molar-refractivity contribution in [3.05, 3.63) is 90.5 Å². The minimum Gasteiger partial charge on any atom is -0.482 e. The number of anilines is 1. The molecule has 4 aromatic rings. The monoisotopic (exact) mass is 465 g/mol. The van der Waals surface area contributed by atoms with E-state index in [1.165, 1.54) is 16.8 Å². The molecule has 0 spiro atoms. The number of thioether (sulfide) groups is 1. The predicted molar refractivity (Wildman–Crippen MR) is 123 cm³/mol. The highest BCUT2D eigenvalue weighted by Crippen LogP contribution is 2.29. The molecule has 0 saturated carbocycles. The van der Waals surface area contributed by atoms with Gasteiger partial charge >= 0.3 is 0 Å². The number of rotatable bonds is 9. The Balaban J connectivity index is 1.33. The van der Waals surface area contributed by atoms with Gasteiger partial charge in [0, 0.05) is 0 Å². The van der Waals surface area contributed by atoms with Crippen LogP contribution >= 0.6 is 11.8 Å². The summed E-state index contributed by atoms with van der Waals surface area (Å²) in [6, 6.07) is 22.5. The molecule has 0 aliphatic heterocycles. The van der Waals surface area contributed by atoms with E-state index in [1.54, 1.807) is 30.3 Å². The fourth-order valence-electron chi connectivity index (χ4n) is 2.80. The van der Waals surface area contributed by atoms with Crippen LogP contribution in [0.25, 0.3) is 0 Å². The van der Waals surface area contributed by atoms with Crippen molar-refractivity contribution in [2.24, 2.45) is 0 Å². The largest absolute Gasteiger partial charge is 0.482 e. The van der Waals surface area contributed by atoms with E-state index < -0.39 is 5.82 Å². The molecule has 0 saturated heterocycles. The summed E-state index contributed by atoms with van der Waals surface area (Å²) in [7, 11) is 0. The number of halogens is 1. The zero-order valence-electron chi connectivity index (χ0n) is 17.3. The first-order valence-electron chi connectivity index (χ1n) is 9.91. The number of benzene rings is 3. The summed E-state index contributed by atoms with van der Waals surface area (Å²) < 4.78 is 26.2. The highest BCUT2D eigenvalue weighted by molar-refractivity contribution is 7.99. The molecule has 0 aliphatic carbocycles. The zero-order valence-corrected chi connectivity index (χ0v) is 18.2. The number of para-hydroxylation sites is 4. The SMILES string of the molecule is Nn1c(COc2ccccc2F)nnc1SCC(=O)Nc1ccccc1Oc1ccccc1. The molecule has 0 fully saturated rings. The van der Waals surface area contributed by atoms with Gasteiger partial charge in [-0.1, -0.05) is 54.2 Å². The van der Waals surface area contributed by atoms with E-state index in [1.807, 2.05) is 36.4 Å². The lowest BCUT2D eigenvalue weighted by molar-refractivity contribution is -0.113. The van der Waals surface area contributed by atoms with Crippen molar-refractivity contribution in [2.75, 3.05) is 16.9 Å². The fraction of sp³-hybridized carbons (Fsp3) is 0.0870. The lowest BCUT2D eigenvalue weighted by Gasteiger charge is -2.12. The van der Waals surface area contributed by atoms with Crippen LogP contribution in [-0.4, -0.2) is 26.5 Å². The Hall–Kier alpha value is -4.05. The average molecular weight is 466 g/mol. The summed E-state index contributed by atoms with van der Waals surface area (Å²) in [5.74, 6) is 6.86. The summed E-state index contributed by atoms with van der Waals surface area (Å²) in [5, 5.41) is 11.1. The summed E-state index contributed by atoms with van der Waals surface area (Å²) in [6.45, 7) is -0.0681. The summed E-state index contributed by atoms with van der Waals surface area (Å²) in [4.78, 5) is 12.5. The molecule has 3 aromatic carbocycles. The number of carbonyl (C=O) groups is 1. The van der Waals surface area contributed by atoms with Gasteiger partial charge in [-0.15, -0.1) is 10.2 Å². The van der Waals surface area contributed by atoms with Crippen LogP contribution in [0.3, 0.4) is 0 Å². The number of carbonyl (C=O) groups excluding carboxylic acids is 1. The summed E-state index contributed by atoms with van der Waals surface area (Å²) in [5.41, 5.74) is 0.542. The number of nitrogens with two attached hydrogens (primary N) is 1. The van der Waals surface area contributed by atoms with Gasteiger partial charge in [-0.2, -0.15) is 0 Å². The maximum atomic E-state index is 13.7. The van der Waals surface area contributed by atoms with Crippen LogP contribution < -0.4 is 20.6 Å². The van der Waals surface area contributed by atoms with Crippen molar-refractivity contribution in [2.45, 2.75) is 11.8 Å². The predicted octanol–water partition coefficient (Wildman–Crippen LogP) is 4.23. The first-order valence-corrected chi connectivity index (χ1v) is 10.9. The van der Waals surface area contributed by atoms with E-state index in [2.05, 4.69) is 15.5 Å². The van der Waals surface area contributed by atoms with Gasteiger partial charge in [-0.3, -0.25) is 4.79 Å². The van der Waals surface area contributed by atoms with Crippen LogP contribution in [0.4, 0.5) is 10.1 Å². The molecular formula is C23H20FN5O3S. The summed E-state index contributed by atoms with van der Waals surface area (Å²) >= 11 is 1.11. The van der Waals surface area contributed by atoms with Crippen LogP contribution in [0.5, 0.6) is 17.2 Å². The lowest BCUT2D eigenvalue weighted by atomic mass is 10.3. The Bertz CT molecular complexity index is 1240. The van der Waals surface area contributed by atoms with E-state index in [0.717, 1.165) is 11.8 Å². The maximum absolute atomic E-state index is 13.7. The van der Waals surface area contributed by atoms with E-state index in [-0.39, 0.29) is 24.0 Å². The highest BCUT2D eigenvalue weighted by atomic mass is 32.2. The van der Waals surface area contributed by atoms with E-state index in [0.29, 0.717) is 28.2 Å². The van der Waals surface area contributed by atoms with Gasteiger partial charge in [0.05, 0.1) is 11.4 Å². The molecule has 0 unspecified atom stereocenters. The molecule has 33 heavy (non-hydrogen) atoms. The highest BCUT2D eigenvalue weighted by Gasteiger charge is 2.15. The minimum atomic E-state index is -0.483. The molecule has 8 nitrogen and oxygen atoms in total. The van der Waals surface area contributed by atoms with E-state index in [4.69, 9.17) is 15.3 Å². The lowest BCUT2D eigenvalue weighted by Crippen LogP contribution is -2.18. The van der Waals surface area contributed by atoms with E-state index >= 15 is 0 Å².